The van der Waals surface area contributed by atoms with Gasteiger partial charge in [-0.15, -0.1) is 0 Å². The first-order chi connectivity index (χ1) is 12.0. The molecule has 0 saturated heterocycles. The number of phenols is 1. The Bertz CT molecular complexity index is 937. The molecule has 0 bridgehead atoms. The average Bonchev–Trinajstić information content (AvgIpc) is 2.59. The number of benzene rings is 2. The maximum absolute atomic E-state index is 12.6. The van der Waals surface area contributed by atoms with Crippen molar-refractivity contribution in [1.29, 1.82) is 0 Å². The Labute approximate surface area is 146 Å². The van der Waals surface area contributed by atoms with Gasteiger partial charge in [-0.25, -0.2) is 0 Å². The molecule has 4 nitrogen and oxygen atoms in total. The minimum atomic E-state index is -0.0854. The summed E-state index contributed by atoms with van der Waals surface area (Å²) in [4.78, 5) is 12.6. The number of aryl methyl sites for hydroxylation is 1. The average molecular weight is 338 g/mol. The molecule has 0 aliphatic heterocycles. The van der Waals surface area contributed by atoms with E-state index in [9.17, 15) is 9.90 Å². The fourth-order valence-electron chi connectivity index (χ4n) is 2.83. The summed E-state index contributed by atoms with van der Waals surface area (Å²) >= 11 is 0. The van der Waals surface area contributed by atoms with Crippen molar-refractivity contribution in [2.24, 2.45) is 5.92 Å². The molecule has 0 aliphatic carbocycles. The van der Waals surface area contributed by atoms with E-state index in [0.717, 1.165) is 29.7 Å². The van der Waals surface area contributed by atoms with E-state index in [2.05, 4.69) is 13.8 Å². The Kier molecular flexibility index (Phi) is 4.79. The third-order valence-corrected chi connectivity index (χ3v) is 4.27. The number of ether oxygens (including phenoxy) is 1. The summed E-state index contributed by atoms with van der Waals surface area (Å²) in [6, 6.07) is 11.7. The predicted octanol–water partition coefficient (Wildman–Crippen LogP) is 4.76. The highest BCUT2D eigenvalue weighted by Crippen LogP contribution is 2.29. The topological polar surface area (TPSA) is 59.7 Å². The van der Waals surface area contributed by atoms with E-state index in [1.165, 1.54) is 6.07 Å². The van der Waals surface area contributed by atoms with Crippen molar-refractivity contribution in [2.45, 2.75) is 26.7 Å². The first-order valence-corrected chi connectivity index (χ1v) is 8.42. The molecule has 4 heteroatoms. The van der Waals surface area contributed by atoms with Gasteiger partial charge in [-0.05, 0) is 54.7 Å². The molecule has 0 saturated carbocycles. The highest BCUT2D eigenvalue weighted by Gasteiger charge is 2.12. The van der Waals surface area contributed by atoms with Crippen molar-refractivity contribution < 1.29 is 14.3 Å². The molecule has 2 aromatic carbocycles. The number of hydrogen-bond donors (Lipinski definition) is 1. The fourth-order valence-corrected chi connectivity index (χ4v) is 2.83. The summed E-state index contributed by atoms with van der Waals surface area (Å²) in [6.07, 6.45) is 1.88. The van der Waals surface area contributed by atoms with Crippen LogP contribution in [0.5, 0.6) is 11.5 Å². The second-order valence-electron chi connectivity index (χ2n) is 6.61. The largest absolute Gasteiger partial charge is 0.508 e. The fraction of sp³-hybridized carbons (Fsp3) is 0.286. The smallest absolute Gasteiger partial charge is 0.193 e. The molecule has 1 N–H and O–H groups in total. The van der Waals surface area contributed by atoms with E-state index in [4.69, 9.17) is 9.15 Å². The zero-order valence-corrected chi connectivity index (χ0v) is 14.7. The van der Waals surface area contributed by atoms with Crippen LogP contribution in [-0.2, 0) is 6.42 Å². The lowest BCUT2D eigenvalue weighted by Gasteiger charge is -2.12. The molecule has 0 atom stereocenters. The Hall–Kier alpha value is -2.75. The molecule has 0 amide bonds. The Morgan fingerprint density at radius 1 is 1.12 bits per heavy atom. The van der Waals surface area contributed by atoms with Crippen LogP contribution in [0.15, 0.2) is 51.7 Å². The van der Waals surface area contributed by atoms with Gasteiger partial charge in [-0.3, -0.25) is 4.79 Å². The van der Waals surface area contributed by atoms with Gasteiger partial charge in [-0.2, -0.15) is 0 Å². The number of aromatic hydroxyl groups is 1. The van der Waals surface area contributed by atoms with E-state index in [-0.39, 0.29) is 11.2 Å². The van der Waals surface area contributed by atoms with Gasteiger partial charge in [-0.1, -0.05) is 13.8 Å². The second-order valence-corrected chi connectivity index (χ2v) is 6.61. The molecule has 0 unspecified atom stereocenters. The zero-order chi connectivity index (χ0) is 18.0. The van der Waals surface area contributed by atoms with Crippen molar-refractivity contribution in [3.8, 4) is 22.8 Å². The van der Waals surface area contributed by atoms with Gasteiger partial charge < -0.3 is 14.3 Å². The summed E-state index contributed by atoms with van der Waals surface area (Å²) in [5.74, 6) is 1.95. The third-order valence-electron chi connectivity index (χ3n) is 4.27. The molecule has 1 aromatic heterocycles. The van der Waals surface area contributed by atoms with Gasteiger partial charge in [0.15, 0.2) is 5.43 Å². The minimum absolute atomic E-state index is 0.0854. The van der Waals surface area contributed by atoms with Gasteiger partial charge >= 0.3 is 0 Å². The van der Waals surface area contributed by atoms with E-state index in [1.54, 1.807) is 37.4 Å². The van der Waals surface area contributed by atoms with Crippen molar-refractivity contribution in [3.63, 3.8) is 0 Å². The number of rotatable bonds is 5. The van der Waals surface area contributed by atoms with E-state index >= 15 is 0 Å². The summed E-state index contributed by atoms with van der Waals surface area (Å²) in [6.45, 7) is 4.34. The molecule has 0 radical (unpaired) electrons. The SMILES string of the molecule is COc1cc2oc(-c3ccc(O)cc3)cc(=O)c2cc1CCC(C)C. The van der Waals surface area contributed by atoms with E-state index in [1.807, 2.05) is 6.07 Å². The molecule has 0 spiro atoms. The highest BCUT2D eigenvalue weighted by atomic mass is 16.5. The Morgan fingerprint density at radius 2 is 1.84 bits per heavy atom. The molecule has 130 valence electrons. The molecule has 0 aliphatic rings. The van der Waals surface area contributed by atoms with Crippen LogP contribution in [0.4, 0.5) is 0 Å². The maximum Gasteiger partial charge on any atom is 0.193 e. The van der Waals surface area contributed by atoms with Crippen LogP contribution >= 0.6 is 0 Å². The summed E-state index contributed by atoms with van der Waals surface area (Å²) < 4.78 is 11.4. The Balaban J connectivity index is 2.10. The summed E-state index contributed by atoms with van der Waals surface area (Å²) in [5, 5.41) is 9.97. The highest BCUT2D eigenvalue weighted by molar-refractivity contribution is 5.81. The van der Waals surface area contributed by atoms with E-state index < -0.39 is 0 Å². The van der Waals surface area contributed by atoms with Crippen LogP contribution in [0.2, 0.25) is 0 Å². The van der Waals surface area contributed by atoms with Crippen molar-refractivity contribution >= 4 is 11.0 Å². The first kappa shape index (κ1) is 17.1. The van der Waals surface area contributed by atoms with Gasteiger partial charge in [0.25, 0.3) is 0 Å². The van der Waals surface area contributed by atoms with Crippen LogP contribution in [0.3, 0.4) is 0 Å². The Morgan fingerprint density at radius 3 is 2.48 bits per heavy atom. The van der Waals surface area contributed by atoms with Crippen LogP contribution in [0.1, 0.15) is 25.8 Å². The van der Waals surface area contributed by atoms with Gasteiger partial charge in [0, 0.05) is 17.7 Å². The lowest BCUT2D eigenvalue weighted by Crippen LogP contribution is -2.03. The zero-order valence-electron chi connectivity index (χ0n) is 14.7. The van der Waals surface area contributed by atoms with Gasteiger partial charge in [0.1, 0.15) is 22.8 Å². The summed E-state index contributed by atoms with van der Waals surface area (Å²) in [7, 11) is 1.63. The van der Waals surface area contributed by atoms with Gasteiger partial charge in [0.2, 0.25) is 0 Å². The number of fused-ring (bicyclic) bond motifs is 1. The second kappa shape index (κ2) is 7.01. The molecule has 0 fully saturated rings. The van der Waals surface area contributed by atoms with Crippen LogP contribution in [-0.4, -0.2) is 12.2 Å². The van der Waals surface area contributed by atoms with Crippen LogP contribution in [0, 0.1) is 5.92 Å². The van der Waals surface area contributed by atoms with E-state index in [0.29, 0.717) is 22.6 Å². The molecular formula is C21H22O4. The lowest BCUT2D eigenvalue weighted by atomic mass is 10.00. The van der Waals surface area contributed by atoms with Crippen molar-refractivity contribution in [2.75, 3.05) is 7.11 Å². The van der Waals surface area contributed by atoms with Crippen LogP contribution < -0.4 is 10.2 Å². The molecule has 1 heterocycles. The third kappa shape index (κ3) is 3.68. The van der Waals surface area contributed by atoms with Crippen molar-refractivity contribution in [3.05, 3.63) is 58.3 Å². The molecule has 3 rings (SSSR count). The maximum atomic E-state index is 12.6. The standard InChI is InChI=1S/C21H22O4/c1-13(2)4-5-15-10-17-18(23)11-20(14-6-8-16(22)9-7-14)25-21(17)12-19(15)24-3/h6-13,22H,4-5H2,1-3H3. The monoisotopic (exact) mass is 338 g/mol. The molecular weight excluding hydrogens is 316 g/mol. The predicted molar refractivity (Wildman–Crippen MR) is 99.3 cm³/mol. The first-order valence-electron chi connectivity index (χ1n) is 8.42. The minimum Gasteiger partial charge on any atom is -0.508 e. The number of hydrogen-bond acceptors (Lipinski definition) is 4. The quantitative estimate of drug-likeness (QED) is 0.728. The molecule has 25 heavy (non-hydrogen) atoms. The summed E-state index contributed by atoms with van der Waals surface area (Å²) in [5.41, 5.74) is 2.17. The van der Waals surface area contributed by atoms with Gasteiger partial charge in [0.05, 0.1) is 12.5 Å². The van der Waals surface area contributed by atoms with Crippen LogP contribution in [0.25, 0.3) is 22.3 Å². The number of phenolic OH excluding ortho intramolecular Hbond substituents is 1. The van der Waals surface area contributed by atoms with Crippen molar-refractivity contribution in [1.82, 2.24) is 0 Å². The lowest BCUT2D eigenvalue weighted by molar-refractivity contribution is 0.407. The molecule has 3 aromatic rings. The normalized spacial score (nSPS) is 11.2. The number of methoxy groups -OCH3 is 1.